The molecule has 7 saturated carbocycles. The zero-order valence-corrected chi connectivity index (χ0v) is 40.9. The van der Waals surface area contributed by atoms with E-state index in [1.165, 1.54) is 96.8 Å². The summed E-state index contributed by atoms with van der Waals surface area (Å²) in [5, 5.41) is 0. The van der Waals surface area contributed by atoms with Crippen molar-refractivity contribution in [2.75, 3.05) is 20.3 Å². The number of carbonyl (C=O) groups excluding carboxylic acids is 4. The third-order valence-electron chi connectivity index (χ3n) is 17.5. The fourth-order valence-corrected chi connectivity index (χ4v) is 13.5. The zero-order chi connectivity index (χ0) is 45.7. The highest BCUT2D eigenvalue weighted by Gasteiger charge is 2.39. The average Bonchev–Trinajstić information content (AvgIpc) is 3.32. The number of ether oxygens (including phenoxy) is 6. The van der Waals surface area contributed by atoms with Crippen LogP contribution in [0.3, 0.4) is 0 Å². The van der Waals surface area contributed by atoms with Gasteiger partial charge in [-0.3, -0.25) is 19.3 Å². The minimum Gasteiger partial charge on any atom is -0.463 e. The first-order valence-corrected chi connectivity index (χ1v) is 26.9. The monoisotopic (exact) mass is 910 g/mol. The molecule has 0 heterocycles. The van der Waals surface area contributed by atoms with Gasteiger partial charge in [-0.05, 0) is 209 Å². The summed E-state index contributed by atoms with van der Waals surface area (Å²) in [7, 11) is 1.87. The Labute approximate surface area is 391 Å². The minimum absolute atomic E-state index is 0.0180. The summed E-state index contributed by atoms with van der Waals surface area (Å²) in [4.78, 5) is 52.7. The quantitative estimate of drug-likeness (QED) is 0.0674. The van der Waals surface area contributed by atoms with Gasteiger partial charge in [0.1, 0.15) is 31.5 Å². The zero-order valence-electron chi connectivity index (χ0n) is 40.9. The molecule has 0 spiro atoms. The van der Waals surface area contributed by atoms with Gasteiger partial charge in [0.2, 0.25) is 0 Å². The van der Waals surface area contributed by atoms with Crippen LogP contribution in [0.1, 0.15) is 201 Å². The molecule has 0 atom stereocenters. The summed E-state index contributed by atoms with van der Waals surface area (Å²) in [6, 6.07) is 2.35. The fourth-order valence-electron chi connectivity index (χ4n) is 13.5. The highest BCUT2D eigenvalue weighted by molar-refractivity contribution is 5.73. The number of nitrogens with zero attached hydrogens (tertiary/aromatic N) is 1. The van der Waals surface area contributed by atoms with Crippen LogP contribution in [-0.4, -0.2) is 91.8 Å². The van der Waals surface area contributed by atoms with Crippen LogP contribution in [0.25, 0.3) is 0 Å². The lowest BCUT2D eigenvalue weighted by atomic mass is 9.70. The lowest BCUT2D eigenvalue weighted by Crippen LogP contribution is -2.52. The van der Waals surface area contributed by atoms with Crippen molar-refractivity contribution in [2.24, 2.45) is 41.4 Å². The van der Waals surface area contributed by atoms with Gasteiger partial charge in [0.25, 0.3) is 0 Å². The second-order valence-corrected chi connectivity index (χ2v) is 22.1. The SMILES string of the molecule is COC1CCC(/C(=C\C2CCC(N(C3CCC(C)CC3)C3CCC(C)CC3)CC2)C2CCC(OC(=O)OC3CCC(C(=O)OCCOC(=O)C4CCC(OC(C)=O)CC4)CC3)CC2)CC1. The van der Waals surface area contributed by atoms with E-state index in [9.17, 15) is 19.2 Å². The number of allylic oxidation sites excluding steroid dienone is 2. The maximum absolute atomic E-state index is 13.1. The molecule has 7 fully saturated rings. The molecule has 0 aromatic rings. The topological polar surface area (TPSA) is 127 Å². The predicted molar refractivity (Wildman–Crippen MR) is 250 cm³/mol. The third-order valence-corrected chi connectivity index (χ3v) is 17.5. The van der Waals surface area contributed by atoms with E-state index in [4.69, 9.17) is 28.4 Å². The summed E-state index contributed by atoms with van der Waals surface area (Å²) in [5.74, 6) is 2.28. The molecule has 7 rings (SSSR count). The summed E-state index contributed by atoms with van der Waals surface area (Å²) in [6.07, 6.45) is 32.1. The van der Waals surface area contributed by atoms with E-state index in [2.05, 4.69) is 24.8 Å². The van der Waals surface area contributed by atoms with E-state index < -0.39 is 6.16 Å². The van der Waals surface area contributed by atoms with Crippen LogP contribution in [0.15, 0.2) is 11.6 Å². The lowest BCUT2D eigenvalue weighted by molar-refractivity contribution is -0.160. The van der Waals surface area contributed by atoms with E-state index in [0.717, 1.165) is 68.5 Å². The molecule has 0 aromatic heterocycles. The largest absolute Gasteiger partial charge is 0.508 e. The molecule has 0 aliphatic heterocycles. The summed E-state index contributed by atoms with van der Waals surface area (Å²) >= 11 is 0. The van der Waals surface area contributed by atoms with Crippen molar-refractivity contribution in [1.82, 2.24) is 4.90 Å². The number of methoxy groups -OCH3 is 1. The fraction of sp³-hybridized carbons (Fsp3) is 0.889. The number of hydrogen-bond donors (Lipinski definition) is 0. The van der Waals surface area contributed by atoms with E-state index >= 15 is 0 Å². The van der Waals surface area contributed by atoms with E-state index in [-0.39, 0.29) is 61.3 Å². The molecule has 0 radical (unpaired) electrons. The molecule has 7 aliphatic rings. The van der Waals surface area contributed by atoms with Gasteiger partial charge in [0.05, 0.1) is 17.9 Å². The smallest absolute Gasteiger partial charge is 0.463 e. The van der Waals surface area contributed by atoms with Gasteiger partial charge in [0, 0.05) is 32.2 Å². The number of esters is 3. The molecule has 11 nitrogen and oxygen atoms in total. The van der Waals surface area contributed by atoms with Crippen molar-refractivity contribution in [3.63, 3.8) is 0 Å². The standard InChI is InChI=1S/C54H87NO10/c1-36-5-19-44(20-6-36)55(45-21-7-37(2)8-22-45)46-23-9-39(10-24-46)35-51(40-11-25-47(60-4)26-12-40)41-13-27-49(28-14-41)64-54(59)65-50-31-17-43(18-32-50)53(58)62-34-33-61-52(57)42-15-29-48(30-16-42)63-38(3)56/h35-37,39-50H,5-34H2,1-4H3/b51-35+. The highest BCUT2D eigenvalue weighted by Crippen LogP contribution is 2.44. The molecule has 368 valence electrons. The van der Waals surface area contributed by atoms with Crippen molar-refractivity contribution in [2.45, 2.75) is 243 Å². The Hall–Kier alpha value is -2.66. The first kappa shape index (κ1) is 50.2. The van der Waals surface area contributed by atoms with Gasteiger partial charge < -0.3 is 28.4 Å². The van der Waals surface area contributed by atoms with Crippen LogP contribution >= 0.6 is 0 Å². The molecule has 0 N–H and O–H groups in total. The highest BCUT2D eigenvalue weighted by atomic mass is 16.7. The van der Waals surface area contributed by atoms with E-state index in [1.54, 1.807) is 5.57 Å². The van der Waals surface area contributed by atoms with Crippen LogP contribution in [0.4, 0.5) is 4.79 Å². The molecule has 65 heavy (non-hydrogen) atoms. The number of rotatable bonds is 15. The molecule has 0 saturated heterocycles. The summed E-state index contributed by atoms with van der Waals surface area (Å²) in [6.45, 7) is 6.36. The van der Waals surface area contributed by atoms with Gasteiger partial charge in [-0.25, -0.2) is 4.79 Å². The van der Waals surface area contributed by atoms with Crippen LogP contribution in [-0.2, 0) is 42.8 Å². The van der Waals surface area contributed by atoms with Gasteiger partial charge in [-0.1, -0.05) is 25.5 Å². The van der Waals surface area contributed by atoms with Crippen LogP contribution in [0.5, 0.6) is 0 Å². The first-order chi connectivity index (χ1) is 31.5. The Kier molecular flexibility index (Phi) is 19.4. The summed E-state index contributed by atoms with van der Waals surface area (Å²) in [5.41, 5.74) is 1.72. The van der Waals surface area contributed by atoms with Crippen LogP contribution in [0, 0.1) is 41.4 Å². The number of carbonyl (C=O) groups is 4. The van der Waals surface area contributed by atoms with Gasteiger partial charge in [0.15, 0.2) is 0 Å². The maximum atomic E-state index is 13.1. The number of hydrogen-bond acceptors (Lipinski definition) is 11. The predicted octanol–water partition coefficient (Wildman–Crippen LogP) is 11.6. The first-order valence-electron chi connectivity index (χ1n) is 26.9. The molecular formula is C54H87NO10. The van der Waals surface area contributed by atoms with E-state index in [0.29, 0.717) is 75.2 Å². The lowest BCUT2D eigenvalue weighted by Gasteiger charge is -2.49. The van der Waals surface area contributed by atoms with E-state index in [1.807, 2.05) is 7.11 Å². The molecule has 0 bridgehead atoms. The van der Waals surface area contributed by atoms with Gasteiger partial charge in [-0.15, -0.1) is 0 Å². The molecule has 7 aliphatic carbocycles. The normalized spacial score (nSPS) is 37.4. The Morgan fingerprint density at radius 2 is 0.800 bits per heavy atom. The van der Waals surface area contributed by atoms with Crippen LogP contribution < -0.4 is 0 Å². The average molecular weight is 910 g/mol. The Morgan fingerprint density at radius 1 is 0.446 bits per heavy atom. The Bertz CT molecular complexity index is 1490. The van der Waals surface area contributed by atoms with Crippen molar-refractivity contribution in [3.05, 3.63) is 11.6 Å². The maximum Gasteiger partial charge on any atom is 0.508 e. The molecule has 0 unspecified atom stereocenters. The van der Waals surface area contributed by atoms with Crippen molar-refractivity contribution in [3.8, 4) is 0 Å². The van der Waals surface area contributed by atoms with Crippen molar-refractivity contribution >= 4 is 24.1 Å². The second kappa shape index (κ2) is 25.1. The second-order valence-electron chi connectivity index (χ2n) is 22.1. The molecule has 11 heteroatoms. The minimum atomic E-state index is -0.578. The van der Waals surface area contributed by atoms with Crippen LogP contribution in [0.2, 0.25) is 0 Å². The van der Waals surface area contributed by atoms with Gasteiger partial charge in [-0.2, -0.15) is 0 Å². The molecule has 0 amide bonds. The van der Waals surface area contributed by atoms with Crippen molar-refractivity contribution < 1.29 is 47.6 Å². The summed E-state index contributed by atoms with van der Waals surface area (Å²) < 4.78 is 33.7. The molecular weight excluding hydrogens is 823 g/mol. The van der Waals surface area contributed by atoms with Crippen molar-refractivity contribution in [1.29, 1.82) is 0 Å². The Morgan fingerprint density at radius 3 is 1.18 bits per heavy atom. The molecule has 0 aromatic carbocycles. The Balaban J connectivity index is 0.823. The third kappa shape index (κ3) is 14.9. The van der Waals surface area contributed by atoms with Gasteiger partial charge >= 0.3 is 24.1 Å².